The van der Waals surface area contributed by atoms with Crippen LogP contribution in [0.1, 0.15) is 47.5 Å². The lowest BCUT2D eigenvalue weighted by Gasteiger charge is -2.43. The van der Waals surface area contributed by atoms with Gasteiger partial charge in [-0.3, -0.25) is 9.69 Å². The van der Waals surface area contributed by atoms with E-state index in [1.807, 2.05) is 4.90 Å². The molecule has 0 aromatic heterocycles. The Hall–Kier alpha value is -0.650. The smallest absolute Gasteiger partial charge is 0.249 e. The third-order valence-electron chi connectivity index (χ3n) is 4.78. The minimum atomic E-state index is -0.262. The molecule has 0 bridgehead atoms. The van der Waals surface area contributed by atoms with E-state index in [1.165, 1.54) is 0 Å². The number of likely N-dealkylation sites (tertiary alicyclic amines) is 1. The van der Waals surface area contributed by atoms with E-state index < -0.39 is 0 Å². The number of amides is 1. The van der Waals surface area contributed by atoms with Gasteiger partial charge in [-0.25, -0.2) is 0 Å². The minimum absolute atomic E-state index is 0.0717. The molecule has 0 N–H and O–H groups in total. The molecule has 2 aliphatic rings. The SMILES string of the molecule is CC(C)(C)N1CCC(OCC(C)(C)N2CCOCC2=O)CC1. The summed E-state index contributed by atoms with van der Waals surface area (Å²) in [5, 5.41) is 0. The van der Waals surface area contributed by atoms with Crippen molar-refractivity contribution in [1.82, 2.24) is 9.80 Å². The third kappa shape index (κ3) is 4.43. The van der Waals surface area contributed by atoms with E-state index in [0.29, 0.717) is 25.9 Å². The van der Waals surface area contributed by atoms with E-state index in [0.717, 1.165) is 25.9 Å². The highest BCUT2D eigenvalue weighted by molar-refractivity contribution is 5.78. The first-order valence-electron chi connectivity index (χ1n) is 8.45. The second kappa shape index (κ2) is 6.85. The summed E-state index contributed by atoms with van der Waals surface area (Å²) in [5.41, 5.74) is -0.0213. The Balaban J connectivity index is 1.79. The van der Waals surface area contributed by atoms with Crippen molar-refractivity contribution < 1.29 is 14.3 Å². The van der Waals surface area contributed by atoms with Crippen molar-refractivity contribution in [2.45, 2.75) is 64.6 Å². The summed E-state index contributed by atoms with van der Waals surface area (Å²) in [7, 11) is 0. The Morgan fingerprint density at radius 1 is 1.14 bits per heavy atom. The van der Waals surface area contributed by atoms with Gasteiger partial charge in [0.1, 0.15) is 6.61 Å². The second-order valence-corrected chi connectivity index (χ2v) is 8.08. The van der Waals surface area contributed by atoms with Crippen LogP contribution in [0.3, 0.4) is 0 Å². The first-order chi connectivity index (χ1) is 10.2. The number of ether oxygens (including phenoxy) is 2. The van der Waals surface area contributed by atoms with Crippen LogP contribution in [0.25, 0.3) is 0 Å². The number of rotatable bonds is 4. The van der Waals surface area contributed by atoms with Gasteiger partial charge in [0.25, 0.3) is 0 Å². The van der Waals surface area contributed by atoms with E-state index >= 15 is 0 Å². The normalized spacial score (nSPS) is 23.1. The van der Waals surface area contributed by atoms with Crippen LogP contribution < -0.4 is 0 Å². The Kier molecular flexibility index (Phi) is 5.51. The molecule has 2 aliphatic heterocycles. The number of piperidine rings is 1. The van der Waals surface area contributed by atoms with Crippen molar-refractivity contribution >= 4 is 5.91 Å². The molecule has 0 unspecified atom stereocenters. The van der Waals surface area contributed by atoms with Gasteiger partial charge in [0.15, 0.2) is 0 Å². The van der Waals surface area contributed by atoms with E-state index in [-0.39, 0.29) is 23.6 Å². The molecule has 0 aromatic carbocycles. The van der Waals surface area contributed by atoms with Crippen LogP contribution in [0.2, 0.25) is 0 Å². The molecule has 22 heavy (non-hydrogen) atoms. The molecule has 2 fully saturated rings. The maximum absolute atomic E-state index is 12.0. The summed E-state index contributed by atoms with van der Waals surface area (Å²) in [6.07, 6.45) is 2.46. The predicted octanol–water partition coefficient (Wildman–Crippen LogP) is 1.90. The molecule has 0 radical (unpaired) electrons. The molecule has 0 aliphatic carbocycles. The number of nitrogens with zero attached hydrogens (tertiary/aromatic N) is 2. The predicted molar refractivity (Wildman–Crippen MR) is 86.9 cm³/mol. The van der Waals surface area contributed by atoms with Gasteiger partial charge >= 0.3 is 0 Å². The molecule has 128 valence electrons. The standard InChI is InChI=1S/C17H32N2O3/c1-16(2,3)18-8-6-14(7-9-18)22-13-17(4,5)19-10-11-21-12-15(19)20/h14H,6-13H2,1-5H3. The second-order valence-electron chi connectivity index (χ2n) is 8.08. The zero-order valence-electron chi connectivity index (χ0n) is 14.9. The Labute approximate surface area is 134 Å². The highest BCUT2D eigenvalue weighted by Crippen LogP contribution is 2.24. The summed E-state index contributed by atoms with van der Waals surface area (Å²) in [6, 6.07) is 0. The van der Waals surface area contributed by atoms with E-state index in [9.17, 15) is 4.79 Å². The van der Waals surface area contributed by atoms with Crippen molar-refractivity contribution in [3.63, 3.8) is 0 Å². The molecule has 2 saturated heterocycles. The van der Waals surface area contributed by atoms with Gasteiger partial charge in [-0.15, -0.1) is 0 Å². The van der Waals surface area contributed by atoms with Crippen LogP contribution in [0.5, 0.6) is 0 Å². The van der Waals surface area contributed by atoms with Gasteiger partial charge in [0.2, 0.25) is 5.91 Å². The van der Waals surface area contributed by atoms with Gasteiger partial charge < -0.3 is 14.4 Å². The van der Waals surface area contributed by atoms with Crippen LogP contribution in [-0.2, 0) is 14.3 Å². The van der Waals surface area contributed by atoms with Crippen molar-refractivity contribution in [1.29, 1.82) is 0 Å². The van der Waals surface area contributed by atoms with Crippen molar-refractivity contribution in [3.8, 4) is 0 Å². The molecule has 2 heterocycles. The number of hydrogen-bond donors (Lipinski definition) is 0. The molecular weight excluding hydrogens is 280 g/mol. The highest BCUT2D eigenvalue weighted by atomic mass is 16.5. The van der Waals surface area contributed by atoms with E-state index in [1.54, 1.807) is 0 Å². The summed E-state index contributed by atoms with van der Waals surface area (Å²) < 4.78 is 11.4. The molecule has 5 heteroatoms. The first-order valence-corrected chi connectivity index (χ1v) is 8.45. The monoisotopic (exact) mass is 312 g/mol. The zero-order valence-corrected chi connectivity index (χ0v) is 14.9. The lowest BCUT2D eigenvalue weighted by molar-refractivity contribution is -0.154. The number of morpholine rings is 1. The molecule has 5 nitrogen and oxygen atoms in total. The molecule has 0 saturated carbocycles. The van der Waals surface area contributed by atoms with Crippen LogP contribution in [0, 0.1) is 0 Å². The molecular formula is C17H32N2O3. The third-order valence-corrected chi connectivity index (χ3v) is 4.78. The maximum atomic E-state index is 12.0. The lowest BCUT2D eigenvalue weighted by atomic mass is 9.99. The summed E-state index contributed by atoms with van der Waals surface area (Å²) in [6.45, 7) is 15.2. The quantitative estimate of drug-likeness (QED) is 0.795. The Morgan fingerprint density at radius 2 is 1.77 bits per heavy atom. The fourth-order valence-electron chi connectivity index (χ4n) is 3.25. The van der Waals surface area contributed by atoms with Crippen LogP contribution in [0.4, 0.5) is 0 Å². The zero-order chi connectivity index (χ0) is 16.4. The van der Waals surface area contributed by atoms with E-state index in [4.69, 9.17) is 9.47 Å². The van der Waals surface area contributed by atoms with Crippen LogP contribution in [-0.4, -0.2) is 72.3 Å². The summed E-state index contributed by atoms with van der Waals surface area (Å²) in [4.78, 5) is 16.4. The number of hydrogen-bond acceptors (Lipinski definition) is 4. The van der Waals surface area contributed by atoms with Crippen molar-refractivity contribution in [2.24, 2.45) is 0 Å². The molecule has 0 atom stereocenters. The number of carbonyl (C=O) groups excluding carboxylic acids is 1. The molecule has 1 amide bonds. The Bertz CT molecular complexity index is 382. The lowest BCUT2D eigenvalue weighted by Crippen LogP contribution is -2.56. The van der Waals surface area contributed by atoms with Crippen LogP contribution >= 0.6 is 0 Å². The summed E-state index contributed by atoms with van der Waals surface area (Å²) >= 11 is 0. The van der Waals surface area contributed by atoms with Crippen LogP contribution in [0.15, 0.2) is 0 Å². The fourth-order valence-corrected chi connectivity index (χ4v) is 3.25. The largest absolute Gasteiger partial charge is 0.376 e. The van der Waals surface area contributed by atoms with Crippen molar-refractivity contribution in [3.05, 3.63) is 0 Å². The molecule has 0 aromatic rings. The van der Waals surface area contributed by atoms with Gasteiger partial charge in [-0.1, -0.05) is 0 Å². The van der Waals surface area contributed by atoms with Gasteiger partial charge in [-0.05, 0) is 47.5 Å². The maximum Gasteiger partial charge on any atom is 0.249 e. The Morgan fingerprint density at radius 3 is 2.32 bits per heavy atom. The minimum Gasteiger partial charge on any atom is -0.376 e. The fraction of sp³-hybridized carbons (Fsp3) is 0.941. The van der Waals surface area contributed by atoms with Gasteiger partial charge in [0.05, 0.1) is 24.9 Å². The van der Waals surface area contributed by atoms with Gasteiger partial charge in [-0.2, -0.15) is 0 Å². The number of carbonyl (C=O) groups is 1. The topological polar surface area (TPSA) is 42.0 Å². The molecule has 2 rings (SSSR count). The highest BCUT2D eigenvalue weighted by Gasteiger charge is 2.34. The average Bonchev–Trinajstić information content (AvgIpc) is 2.45. The molecule has 0 spiro atoms. The van der Waals surface area contributed by atoms with Crippen molar-refractivity contribution in [2.75, 3.05) is 39.5 Å². The van der Waals surface area contributed by atoms with Gasteiger partial charge in [0, 0.05) is 25.2 Å². The first kappa shape index (κ1) is 17.7. The average molecular weight is 312 g/mol. The van der Waals surface area contributed by atoms with E-state index in [2.05, 4.69) is 39.5 Å². The summed E-state index contributed by atoms with van der Waals surface area (Å²) in [5.74, 6) is 0.0717.